The van der Waals surface area contributed by atoms with Gasteiger partial charge >= 0.3 is 0 Å². The fraction of sp³-hybridized carbons (Fsp3) is 0. The molecule has 0 fully saturated rings. The van der Waals surface area contributed by atoms with E-state index in [0.29, 0.717) is 0 Å². The van der Waals surface area contributed by atoms with Crippen molar-refractivity contribution in [3.05, 3.63) is 158 Å². The van der Waals surface area contributed by atoms with E-state index in [1.54, 1.807) is 11.8 Å². The van der Waals surface area contributed by atoms with Gasteiger partial charge in [-0.1, -0.05) is 127 Å². The van der Waals surface area contributed by atoms with Crippen molar-refractivity contribution >= 4 is 44.1 Å². The van der Waals surface area contributed by atoms with Gasteiger partial charge in [0.05, 0.1) is 9.79 Å². The molecule has 0 atom stereocenters. The van der Waals surface area contributed by atoms with E-state index in [2.05, 4.69) is 146 Å². The first-order valence-electron chi connectivity index (χ1n) is 14.9. The highest BCUT2D eigenvalue weighted by Gasteiger charge is 2.22. The second-order valence-electron chi connectivity index (χ2n) is 11.3. The molecule has 0 radical (unpaired) electrons. The van der Waals surface area contributed by atoms with Crippen LogP contribution in [0.4, 0.5) is 0 Å². The van der Waals surface area contributed by atoms with Crippen LogP contribution in [0.2, 0.25) is 0 Å². The van der Waals surface area contributed by atoms with Crippen LogP contribution in [0, 0.1) is 0 Å². The topological polar surface area (TPSA) is 9.23 Å². The monoisotopic (exact) mass is 578 g/mol. The zero-order chi connectivity index (χ0) is 29.0. The Morgan fingerprint density at radius 2 is 0.909 bits per heavy atom. The first kappa shape index (κ1) is 25.2. The Balaban J connectivity index is 1.27. The Bertz CT molecular complexity index is 2350. The average molecular weight is 579 g/mol. The van der Waals surface area contributed by atoms with E-state index < -0.39 is 0 Å². The molecule has 0 saturated heterocycles. The zero-order valence-corrected chi connectivity index (χ0v) is 24.6. The summed E-state index contributed by atoms with van der Waals surface area (Å²) in [5.41, 5.74) is 7.15. The maximum absolute atomic E-state index is 6.37. The predicted molar refractivity (Wildman–Crippen MR) is 186 cm³/mol. The Labute approximate surface area is 260 Å². The molecule has 0 aliphatic carbocycles. The van der Waals surface area contributed by atoms with Crippen LogP contribution in [0.15, 0.2) is 168 Å². The molecule has 0 aromatic heterocycles. The number of benzene rings is 8. The van der Waals surface area contributed by atoms with E-state index in [4.69, 9.17) is 4.74 Å². The van der Waals surface area contributed by atoms with E-state index in [1.807, 2.05) is 12.1 Å². The molecule has 9 rings (SSSR count). The van der Waals surface area contributed by atoms with Crippen LogP contribution in [0.1, 0.15) is 0 Å². The smallest absolute Gasteiger partial charge is 0.142 e. The first-order chi connectivity index (χ1) is 21.8. The molecule has 1 aliphatic heterocycles. The molecular weight excluding hydrogens is 553 g/mol. The first-order valence-corrected chi connectivity index (χ1v) is 15.7. The summed E-state index contributed by atoms with van der Waals surface area (Å²) in [6.45, 7) is 0. The molecule has 1 aliphatic rings. The molecule has 8 aromatic carbocycles. The maximum Gasteiger partial charge on any atom is 0.142 e. The number of fused-ring (bicyclic) bond motifs is 8. The minimum absolute atomic E-state index is 0.905. The second kappa shape index (κ2) is 10.2. The molecule has 206 valence electrons. The highest BCUT2D eigenvalue weighted by atomic mass is 32.2. The Morgan fingerprint density at radius 3 is 1.66 bits per heavy atom. The predicted octanol–water partition coefficient (Wildman–Crippen LogP) is 12.4. The molecule has 44 heavy (non-hydrogen) atoms. The van der Waals surface area contributed by atoms with Gasteiger partial charge in [-0.25, -0.2) is 0 Å². The van der Waals surface area contributed by atoms with Gasteiger partial charge in [-0.15, -0.1) is 0 Å². The van der Waals surface area contributed by atoms with Crippen molar-refractivity contribution in [2.24, 2.45) is 0 Å². The van der Waals surface area contributed by atoms with Crippen LogP contribution >= 0.6 is 11.8 Å². The summed E-state index contributed by atoms with van der Waals surface area (Å²) < 4.78 is 6.37. The van der Waals surface area contributed by atoms with Gasteiger partial charge < -0.3 is 4.74 Å². The lowest BCUT2D eigenvalue weighted by molar-refractivity contribution is 0.455. The van der Waals surface area contributed by atoms with Crippen molar-refractivity contribution in [3.8, 4) is 44.9 Å². The minimum Gasteiger partial charge on any atom is -0.455 e. The van der Waals surface area contributed by atoms with Crippen molar-refractivity contribution in [1.82, 2.24) is 0 Å². The SMILES string of the molecule is c1ccc(-c2cc(-c3ccc4c5ccccc5c5ccccc5c4c3)cc(-c3cccc4c3Sc3ccccc3O4)c2)cc1. The molecule has 0 bridgehead atoms. The maximum atomic E-state index is 6.37. The van der Waals surface area contributed by atoms with Gasteiger partial charge in [-0.3, -0.25) is 0 Å². The van der Waals surface area contributed by atoms with Gasteiger partial charge in [0, 0.05) is 0 Å². The van der Waals surface area contributed by atoms with E-state index >= 15 is 0 Å². The number of hydrogen-bond donors (Lipinski definition) is 0. The zero-order valence-electron chi connectivity index (χ0n) is 23.8. The highest BCUT2D eigenvalue weighted by molar-refractivity contribution is 7.99. The number of rotatable bonds is 3. The average Bonchev–Trinajstić information content (AvgIpc) is 3.10. The number of hydrogen-bond acceptors (Lipinski definition) is 2. The molecule has 2 heteroatoms. The lowest BCUT2D eigenvalue weighted by Crippen LogP contribution is -1.97. The van der Waals surface area contributed by atoms with Gasteiger partial charge in [0.2, 0.25) is 0 Å². The third-order valence-corrected chi connectivity index (χ3v) is 9.87. The fourth-order valence-electron chi connectivity index (χ4n) is 6.61. The van der Waals surface area contributed by atoms with Crippen molar-refractivity contribution in [1.29, 1.82) is 0 Å². The van der Waals surface area contributed by atoms with E-state index in [0.717, 1.165) is 21.3 Å². The van der Waals surface area contributed by atoms with Crippen LogP contribution in [0.25, 0.3) is 65.7 Å². The fourth-order valence-corrected chi connectivity index (χ4v) is 7.69. The molecule has 0 N–H and O–H groups in total. The molecule has 1 heterocycles. The standard InChI is InChI=1S/C42H26OS/c1-2-11-27(12-3-1)29-23-30(25-31(24-29)32-17-10-19-40-42(32)44-41-20-9-8-18-39(41)43-40)28-21-22-37-35-15-5-4-13-33(35)34-14-6-7-16-36(34)38(37)26-28/h1-26H. The van der Waals surface area contributed by atoms with Crippen molar-refractivity contribution in [3.63, 3.8) is 0 Å². The molecule has 1 nitrogen and oxygen atoms in total. The highest BCUT2D eigenvalue weighted by Crippen LogP contribution is 2.51. The summed E-state index contributed by atoms with van der Waals surface area (Å²) in [6.07, 6.45) is 0. The van der Waals surface area contributed by atoms with E-state index in [-0.39, 0.29) is 0 Å². The second-order valence-corrected chi connectivity index (χ2v) is 12.4. The summed E-state index contributed by atoms with van der Waals surface area (Å²) in [4.78, 5) is 2.29. The largest absolute Gasteiger partial charge is 0.455 e. The molecule has 8 aromatic rings. The number of ether oxygens (including phenoxy) is 1. The minimum atomic E-state index is 0.905. The third kappa shape index (κ3) is 4.11. The summed E-state index contributed by atoms with van der Waals surface area (Å²) in [7, 11) is 0. The van der Waals surface area contributed by atoms with Gasteiger partial charge in [-0.05, 0) is 108 Å². The van der Waals surface area contributed by atoms with Crippen LogP contribution in [-0.4, -0.2) is 0 Å². The third-order valence-electron chi connectivity index (χ3n) is 8.69. The van der Waals surface area contributed by atoms with Crippen LogP contribution in [0.5, 0.6) is 11.5 Å². The summed E-state index contributed by atoms with van der Waals surface area (Å²) in [5, 5.41) is 7.73. The Morgan fingerprint density at radius 1 is 0.341 bits per heavy atom. The Hall–Kier alpha value is -5.31. The summed E-state index contributed by atoms with van der Waals surface area (Å²) in [5.74, 6) is 1.82. The van der Waals surface area contributed by atoms with Crippen molar-refractivity contribution < 1.29 is 4.74 Å². The van der Waals surface area contributed by atoms with E-state index in [1.165, 1.54) is 65.7 Å². The quantitative estimate of drug-likeness (QED) is 0.193. The lowest BCUT2D eigenvalue weighted by atomic mass is 9.90. The molecular formula is C42H26OS. The van der Waals surface area contributed by atoms with Crippen LogP contribution < -0.4 is 4.74 Å². The van der Waals surface area contributed by atoms with Gasteiger partial charge in [0.15, 0.2) is 0 Å². The van der Waals surface area contributed by atoms with Crippen molar-refractivity contribution in [2.45, 2.75) is 9.79 Å². The van der Waals surface area contributed by atoms with Crippen molar-refractivity contribution in [2.75, 3.05) is 0 Å². The molecule has 0 saturated carbocycles. The summed E-state index contributed by atoms with van der Waals surface area (Å²) in [6, 6.07) is 56.9. The van der Waals surface area contributed by atoms with Gasteiger partial charge in [0.1, 0.15) is 11.5 Å². The van der Waals surface area contributed by atoms with Crippen LogP contribution in [0.3, 0.4) is 0 Å². The van der Waals surface area contributed by atoms with E-state index in [9.17, 15) is 0 Å². The normalized spacial score (nSPS) is 12.2. The molecule has 0 unspecified atom stereocenters. The Kier molecular flexibility index (Phi) is 5.82. The molecule has 0 amide bonds. The summed E-state index contributed by atoms with van der Waals surface area (Å²) >= 11 is 1.79. The van der Waals surface area contributed by atoms with Crippen LogP contribution in [-0.2, 0) is 0 Å². The van der Waals surface area contributed by atoms with Gasteiger partial charge in [0.25, 0.3) is 0 Å². The number of para-hydroxylation sites is 1. The molecule has 0 spiro atoms. The van der Waals surface area contributed by atoms with Gasteiger partial charge in [-0.2, -0.15) is 0 Å². The lowest BCUT2D eigenvalue weighted by Gasteiger charge is -2.22.